The smallest absolute Gasteiger partial charge is 0.337 e. The normalized spacial score (nSPS) is 12.7. The Labute approximate surface area is 121 Å². The van der Waals surface area contributed by atoms with Gasteiger partial charge in [0.15, 0.2) is 0 Å². The summed E-state index contributed by atoms with van der Waals surface area (Å²) in [6, 6.07) is 1.35. The van der Waals surface area contributed by atoms with Crippen molar-refractivity contribution in [2.75, 3.05) is 0 Å². The zero-order valence-electron chi connectivity index (χ0n) is 12.3. The van der Waals surface area contributed by atoms with E-state index >= 15 is 0 Å². The molecule has 6 nitrogen and oxygen atoms in total. The maximum absolute atomic E-state index is 12.0. The van der Waals surface area contributed by atoms with Crippen LogP contribution < -0.4 is 16.9 Å². The molecule has 2 rings (SSSR count). The lowest BCUT2D eigenvalue weighted by Gasteiger charge is -2.14. The summed E-state index contributed by atoms with van der Waals surface area (Å²) >= 11 is 0. The van der Waals surface area contributed by atoms with Gasteiger partial charge in [-0.1, -0.05) is 39.5 Å². The van der Waals surface area contributed by atoms with E-state index in [4.69, 9.17) is 4.42 Å². The molecule has 21 heavy (non-hydrogen) atoms. The number of nitrogens with one attached hydrogen (secondary N) is 2. The summed E-state index contributed by atoms with van der Waals surface area (Å²) < 4.78 is 4.93. The van der Waals surface area contributed by atoms with Gasteiger partial charge in [0.25, 0.3) is 5.56 Å². The monoisotopic (exact) mass is 292 g/mol. The fourth-order valence-corrected chi connectivity index (χ4v) is 2.59. The van der Waals surface area contributed by atoms with Crippen molar-refractivity contribution in [1.82, 2.24) is 9.97 Å². The van der Waals surface area contributed by atoms with Gasteiger partial charge in [0.2, 0.25) is 5.71 Å². The predicted molar refractivity (Wildman–Crippen MR) is 80.7 cm³/mol. The SMILES string of the molecule is CCCCC(CC)Cc1cc(=O)oc2[nH]c(=O)[nH]c(=O)c12. The summed E-state index contributed by atoms with van der Waals surface area (Å²) in [4.78, 5) is 39.4. The molecule has 0 radical (unpaired) electrons. The first-order valence-corrected chi connectivity index (χ1v) is 7.34. The lowest BCUT2D eigenvalue weighted by atomic mass is 9.91. The maximum Gasteiger partial charge on any atom is 0.337 e. The highest BCUT2D eigenvalue weighted by Crippen LogP contribution is 2.20. The van der Waals surface area contributed by atoms with Crippen molar-refractivity contribution in [2.24, 2.45) is 5.92 Å². The van der Waals surface area contributed by atoms with Crippen molar-refractivity contribution < 1.29 is 4.42 Å². The average molecular weight is 292 g/mol. The summed E-state index contributed by atoms with van der Waals surface area (Å²) in [6.45, 7) is 4.23. The number of aromatic amines is 2. The van der Waals surface area contributed by atoms with Crippen LogP contribution in [0, 0.1) is 5.92 Å². The molecular formula is C15H20N2O4. The Kier molecular flexibility index (Phi) is 4.77. The molecule has 0 fully saturated rings. The average Bonchev–Trinajstić information content (AvgIpc) is 2.41. The molecule has 0 saturated heterocycles. The first-order chi connectivity index (χ1) is 10.0. The predicted octanol–water partition coefficient (Wildman–Crippen LogP) is 1.93. The molecular weight excluding hydrogens is 272 g/mol. The van der Waals surface area contributed by atoms with E-state index in [1.54, 1.807) is 0 Å². The summed E-state index contributed by atoms with van der Waals surface area (Å²) in [5.74, 6) is 0.404. The minimum atomic E-state index is -0.675. The van der Waals surface area contributed by atoms with Gasteiger partial charge in [-0.2, -0.15) is 0 Å². The zero-order valence-corrected chi connectivity index (χ0v) is 12.3. The summed E-state index contributed by atoms with van der Waals surface area (Å²) in [7, 11) is 0. The molecule has 6 heteroatoms. The van der Waals surface area contributed by atoms with Crippen LogP contribution in [0.2, 0.25) is 0 Å². The van der Waals surface area contributed by atoms with Gasteiger partial charge in [-0.3, -0.25) is 14.8 Å². The van der Waals surface area contributed by atoms with E-state index in [1.165, 1.54) is 6.07 Å². The standard InChI is InChI=1S/C15H20N2O4/c1-3-5-6-9(4-2)7-10-8-11(18)21-14-12(10)13(19)16-15(20)17-14/h8-9H,3-7H2,1-2H3,(H2,16,17,19,20). The largest absolute Gasteiger partial charge is 0.405 e. The van der Waals surface area contributed by atoms with Gasteiger partial charge in [-0.05, 0) is 17.9 Å². The van der Waals surface area contributed by atoms with E-state index in [2.05, 4.69) is 23.8 Å². The van der Waals surface area contributed by atoms with E-state index in [0.717, 1.165) is 25.7 Å². The van der Waals surface area contributed by atoms with Crippen LogP contribution in [0.4, 0.5) is 0 Å². The highest BCUT2D eigenvalue weighted by atomic mass is 16.4. The minimum absolute atomic E-state index is 0.0448. The molecule has 0 aliphatic rings. The van der Waals surface area contributed by atoms with Crippen LogP contribution in [0.1, 0.15) is 45.1 Å². The topological polar surface area (TPSA) is 95.9 Å². The molecule has 0 saturated carbocycles. The van der Waals surface area contributed by atoms with Gasteiger partial charge < -0.3 is 4.42 Å². The Morgan fingerprint density at radius 1 is 1.19 bits per heavy atom. The molecule has 0 aliphatic carbocycles. The van der Waals surface area contributed by atoms with Crippen molar-refractivity contribution in [3.05, 3.63) is 42.9 Å². The Morgan fingerprint density at radius 3 is 2.62 bits per heavy atom. The van der Waals surface area contributed by atoms with Crippen LogP contribution in [0.25, 0.3) is 11.1 Å². The Balaban J connectivity index is 2.50. The molecule has 2 aromatic rings. The number of unbranched alkanes of at least 4 members (excludes halogenated alkanes) is 1. The van der Waals surface area contributed by atoms with E-state index in [0.29, 0.717) is 17.9 Å². The quantitative estimate of drug-likeness (QED) is 0.850. The highest BCUT2D eigenvalue weighted by Gasteiger charge is 2.15. The molecule has 0 aliphatic heterocycles. The molecule has 0 spiro atoms. The van der Waals surface area contributed by atoms with Crippen LogP contribution in [0.15, 0.2) is 24.9 Å². The third kappa shape index (κ3) is 3.51. The lowest BCUT2D eigenvalue weighted by Crippen LogP contribution is -2.24. The molecule has 0 aromatic carbocycles. The van der Waals surface area contributed by atoms with E-state index < -0.39 is 16.9 Å². The van der Waals surface area contributed by atoms with Gasteiger partial charge in [0.1, 0.15) is 5.39 Å². The fraction of sp³-hybridized carbons (Fsp3) is 0.533. The summed E-state index contributed by atoms with van der Waals surface area (Å²) in [5.41, 5.74) is -1.15. The minimum Gasteiger partial charge on any atom is -0.405 e. The number of aromatic nitrogens is 2. The van der Waals surface area contributed by atoms with Gasteiger partial charge in [-0.25, -0.2) is 9.59 Å². The second-order valence-electron chi connectivity index (χ2n) is 5.32. The Morgan fingerprint density at radius 2 is 1.95 bits per heavy atom. The number of hydrogen-bond donors (Lipinski definition) is 2. The number of hydrogen-bond acceptors (Lipinski definition) is 4. The molecule has 114 valence electrons. The molecule has 2 heterocycles. The van der Waals surface area contributed by atoms with Crippen LogP contribution in [-0.2, 0) is 6.42 Å². The third-order valence-corrected chi connectivity index (χ3v) is 3.78. The van der Waals surface area contributed by atoms with Gasteiger partial charge in [0, 0.05) is 6.07 Å². The van der Waals surface area contributed by atoms with Crippen LogP contribution in [0.5, 0.6) is 0 Å². The van der Waals surface area contributed by atoms with E-state index in [1.807, 2.05) is 0 Å². The summed E-state index contributed by atoms with van der Waals surface area (Å²) in [6.07, 6.45) is 4.89. The van der Waals surface area contributed by atoms with Crippen molar-refractivity contribution in [3.8, 4) is 0 Å². The molecule has 2 N–H and O–H groups in total. The highest BCUT2D eigenvalue weighted by molar-refractivity contribution is 5.75. The number of rotatable bonds is 6. The van der Waals surface area contributed by atoms with Crippen molar-refractivity contribution >= 4 is 11.1 Å². The van der Waals surface area contributed by atoms with Gasteiger partial charge in [0.05, 0.1) is 0 Å². The van der Waals surface area contributed by atoms with E-state index in [9.17, 15) is 14.4 Å². The third-order valence-electron chi connectivity index (χ3n) is 3.78. The molecule has 0 bridgehead atoms. The van der Waals surface area contributed by atoms with Crippen molar-refractivity contribution in [2.45, 2.75) is 46.0 Å². The second-order valence-corrected chi connectivity index (χ2v) is 5.32. The first-order valence-electron chi connectivity index (χ1n) is 7.34. The first kappa shape index (κ1) is 15.3. The van der Waals surface area contributed by atoms with Gasteiger partial charge >= 0.3 is 11.3 Å². The lowest BCUT2D eigenvalue weighted by molar-refractivity contribution is 0.448. The zero-order chi connectivity index (χ0) is 15.4. The fourth-order valence-electron chi connectivity index (χ4n) is 2.59. The molecule has 1 atom stereocenters. The molecule has 1 unspecified atom stereocenters. The summed E-state index contributed by atoms with van der Waals surface area (Å²) in [5, 5.41) is 0.268. The van der Waals surface area contributed by atoms with Crippen molar-refractivity contribution in [1.29, 1.82) is 0 Å². The van der Waals surface area contributed by atoms with Crippen LogP contribution in [0.3, 0.4) is 0 Å². The second kappa shape index (κ2) is 6.56. The molecule has 2 aromatic heterocycles. The van der Waals surface area contributed by atoms with Crippen LogP contribution >= 0.6 is 0 Å². The Bertz CT molecular complexity index is 779. The Hall–Kier alpha value is -2.11. The molecule has 0 amide bonds. The van der Waals surface area contributed by atoms with Gasteiger partial charge in [-0.15, -0.1) is 0 Å². The number of fused-ring (bicyclic) bond motifs is 1. The van der Waals surface area contributed by atoms with E-state index in [-0.39, 0.29) is 11.1 Å². The maximum atomic E-state index is 12.0. The number of H-pyrrole nitrogens is 2. The van der Waals surface area contributed by atoms with Crippen LogP contribution in [-0.4, -0.2) is 9.97 Å². The van der Waals surface area contributed by atoms with Crippen molar-refractivity contribution in [3.63, 3.8) is 0 Å².